The van der Waals surface area contributed by atoms with Crippen LogP contribution >= 0.6 is 92.8 Å². The highest BCUT2D eigenvalue weighted by Crippen LogP contribution is 2.35. The van der Waals surface area contributed by atoms with Crippen molar-refractivity contribution in [3.8, 4) is 92.5 Å². The number of benzene rings is 4. The summed E-state index contributed by atoms with van der Waals surface area (Å²) in [5.74, 6) is 7.69. The molecule has 0 unspecified atom stereocenters. The zero-order chi connectivity index (χ0) is 86.8. The van der Waals surface area contributed by atoms with Gasteiger partial charge in [0.2, 0.25) is 0 Å². The number of hydrogen-bond acceptors (Lipinski definition) is 27. The van der Waals surface area contributed by atoms with Crippen LogP contribution in [-0.2, 0) is 6.54 Å². The van der Waals surface area contributed by atoms with Gasteiger partial charge in [0.15, 0.2) is 23.3 Å². The summed E-state index contributed by atoms with van der Waals surface area (Å²) in [5.41, 5.74) is 10.8. The lowest BCUT2D eigenvalue weighted by molar-refractivity contribution is 0.709. The van der Waals surface area contributed by atoms with Crippen LogP contribution < -0.4 is 47.9 Å². The van der Waals surface area contributed by atoms with Crippen molar-refractivity contribution in [2.75, 3.05) is 101 Å². The van der Waals surface area contributed by atoms with E-state index in [0.29, 0.717) is 183 Å². The van der Waals surface area contributed by atoms with Gasteiger partial charge in [0.05, 0.1) is 65.1 Å². The molecule has 10 heterocycles. The molecule has 0 saturated carbocycles. The minimum Gasteiger partial charge on any atom is -0.370 e. The Morgan fingerprint density at radius 3 is 1.08 bits per heavy atom. The predicted octanol–water partition coefficient (Wildman–Crippen LogP) is 20.2. The zero-order valence-corrected chi connectivity index (χ0v) is 72.1. The van der Waals surface area contributed by atoms with Crippen LogP contribution in [-0.4, -0.2) is 129 Å². The molecule has 14 rings (SSSR count). The van der Waals surface area contributed by atoms with Crippen LogP contribution in [0.4, 0.5) is 46.5 Å². The number of hydrogen-bond donors (Lipinski definition) is 9. The summed E-state index contributed by atoms with van der Waals surface area (Å²) in [6.07, 6.45) is 12.2. The van der Waals surface area contributed by atoms with Crippen LogP contribution in [0.5, 0.6) is 0 Å². The predicted molar refractivity (Wildman–Crippen MR) is 492 cm³/mol. The van der Waals surface area contributed by atoms with Gasteiger partial charge >= 0.3 is 0 Å². The maximum absolute atomic E-state index is 8.86. The van der Waals surface area contributed by atoms with Crippen LogP contribution in [0.15, 0.2) is 213 Å². The number of aromatic nitrogens is 14. The van der Waals surface area contributed by atoms with Gasteiger partial charge in [-0.15, -0.1) is 0 Å². The van der Waals surface area contributed by atoms with E-state index in [4.69, 9.17) is 119 Å². The van der Waals surface area contributed by atoms with Gasteiger partial charge < -0.3 is 47.9 Å². The lowest BCUT2D eigenvalue weighted by Gasteiger charge is -2.13. The third-order valence-electron chi connectivity index (χ3n) is 17.5. The Labute approximate surface area is 750 Å². The van der Waals surface area contributed by atoms with Crippen molar-refractivity contribution in [3.63, 3.8) is 0 Å². The van der Waals surface area contributed by atoms with Crippen molar-refractivity contribution in [3.05, 3.63) is 293 Å². The molecule has 0 fully saturated rings. The number of nitriles is 4. The molecule has 0 aliphatic heterocycles. The first-order chi connectivity index (χ1) is 59.8. The molecule has 0 radical (unpaired) electrons. The van der Waals surface area contributed by atoms with Crippen LogP contribution in [0.3, 0.4) is 0 Å². The topological polar surface area (TPSA) is 384 Å². The summed E-state index contributed by atoms with van der Waals surface area (Å²) in [4.78, 5) is 62.4. The minimum atomic E-state index is 0.468. The van der Waals surface area contributed by atoms with Gasteiger partial charge in [-0.2, -0.15) is 21.0 Å². The molecular formula is C88H75Cl8N27. The summed E-state index contributed by atoms with van der Waals surface area (Å²) in [7, 11) is 0. The second-order valence-corrected chi connectivity index (χ2v) is 29.6. The lowest BCUT2D eigenvalue weighted by atomic mass is 10.1. The molecule has 0 saturated heterocycles. The summed E-state index contributed by atoms with van der Waals surface area (Å²) in [5, 5.41) is 68.9. The smallest absolute Gasteiger partial charge is 0.163 e. The Bertz CT molecular complexity index is 5860. The summed E-state index contributed by atoms with van der Waals surface area (Å²) < 4.78 is 0. The number of rotatable bonds is 30. The van der Waals surface area contributed by atoms with Gasteiger partial charge in [-0.05, 0) is 172 Å². The Morgan fingerprint density at radius 1 is 0.325 bits per heavy atom. The van der Waals surface area contributed by atoms with E-state index < -0.39 is 0 Å². The number of nitrogens with zero attached hydrogens (tertiary/aromatic N) is 18. The molecule has 0 amide bonds. The first-order valence-electron chi connectivity index (χ1n) is 38.0. The highest BCUT2D eigenvalue weighted by Gasteiger charge is 2.18. The number of anilines is 8. The standard InChI is InChI=1S/2C23H17Cl2N7.C21H21Cl2N7.C21H20Cl2N6/c24-17-2-3-18(19(25)11-17)23-31-20(16-5-7-27-8-6-16)12-22(32-23)29-10-9-28-21-4-1-15(13-26)14-30-21;24-16-5-6-17(18(25)11-16)23-31-20(19-3-1-2-8-27-19)12-22(32-23)29-10-9-28-21-7-4-15(13-26)14-30-21;1-2-25-13-16-10-20(27-8-7-26-19-6-3-14(11-24)12-28-19)30-21(29-16)17-5-4-15(22)9-18(17)23;1-13-14(2)28-21(17-6-5-16(22)10-18(17)23)29-20(13)26-9-3-8-25-19-7-4-15(11-24)12-27-19/h2*1-8,11-12,14H,9-10H2,(H,28,30)(H,29,31,32);3-6,9-10,12,25H,2,7-8,13H2,1H3,(H,26,28)(H,27,29,30);4-7,10,12H,3,8-9H2,1-2H3,(H,25,27)(H,26,28,29). The molecule has 9 N–H and O–H groups in total. The molecule has 0 spiro atoms. The molecule has 0 atom stereocenters. The Kier molecular flexibility index (Phi) is 34.2. The number of aryl methyl sites for hydroxylation is 1. The zero-order valence-electron chi connectivity index (χ0n) is 66.1. The molecule has 618 valence electrons. The molecule has 0 aliphatic rings. The van der Waals surface area contributed by atoms with E-state index in [0.717, 1.165) is 82.7 Å². The van der Waals surface area contributed by atoms with E-state index in [1.165, 1.54) is 18.6 Å². The van der Waals surface area contributed by atoms with Gasteiger partial charge in [-0.3, -0.25) is 9.97 Å². The van der Waals surface area contributed by atoms with Crippen molar-refractivity contribution in [1.29, 1.82) is 21.0 Å². The fourth-order valence-electron chi connectivity index (χ4n) is 11.2. The van der Waals surface area contributed by atoms with Gasteiger partial charge in [-0.25, -0.2) is 59.8 Å². The maximum atomic E-state index is 8.86. The van der Waals surface area contributed by atoms with E-state index in [9.17, 15) is 0 Å². The van der Waals surface area contributed by atoms with Crippen molar-refractivity contribution < 1.29 is 0 Å². The van der Waals surface area contributed by atoms with Crippen molar-refractivity contribution >= 4 is 139 Å². The molecule has 27 nitrogen and oxygen atoms in total. The lowest BCUT2D eigenvalue weighted by Crippen LogP contribution is -2.17. The summed E-state index contributed by atoms with van der Waals surface area (Å²) >= 11 is 49.5. The average molecular weight is 1790 g/mol. The Hall–Kier alpha value is -13.3. The number of pyridine rings is 6. The monoisotopic (exact) mass is 1790 g/mol. The van der Waals surface area contributed by atoms with Crippen LogP contribution in [0.2, 0.25) is 40.2 Å². The van der Waals surface area contributed by atoms with E-state index in [1.807, 2.05) is 99.6 Å². The third kappa shape index (κ3) is 27.6. The fraction of sp³-hybridized carbons (Fsp3) is 0.159. The fourth-order valence-corrected chi connectivity index (χ4v) is 13.2. The number of nitrogens with one attached hydrogen (secondary N) is 9. The highest BCUT2D eigenvalue weighted by atomic mass is 35.5. The molecular weight excluding hydrogens is 1720 g/mol. The first kappa shape index (κ1) is 90.5. The van der Waals surface area contributed by atoms with Gasteiger partial charge in [0.25, 0.3) is 0 Å². The molecule has 14 aromatic rings. The maximum Gasteiger partial charge on any atom is 0.163 e. The van der Waals surface area contributed by atoms with Gasteiger partial charge in [0, 0.05) is 180 Å². The molecule has 123 heavy (non-hydrogen) atoms. The molecule has 0 bridgehead atoms. The highest BCUT2D eigenvalue weighted by molar-refractivity contribution is 6.38. The second-order valence-electron chi connectivity index (χ2n) is 26.3. The third-order valence-corrected chi connectivity index (χ3v) is 19.7. The largest absolute Gasteiger partial charge is 0.370 e. The minimum absolute atomic E-state index is 0.468. The van der Waals surface area contributed by atoms with E-state index in [2.05, 4.69) is 119 Å². The van der Waals surface area contributed by atoms with Crippen LogP contribution in [0, 0.1) is 59.2 Å². The SMILES string of the molecule is CCNCc1cc(NCCNc2ccc(C#N)cn2)nc(-c2ccc(Cl)cc2Cl)n1.Cc1nc(-c2ccc(Cl)cc2Cl)nc(NCCCNc2ccc(C#N)cn2)c1C.N#Cc1ccc(NCCNc2cc(-c3ccccn3)nc(-c3ccc(Cl)cc3Cl)n2)nc1.N#Cc1ccc(NCCNc2cc(-c3ccncc3)nc(-c3ccc(Cl)cc3Cl)n2)nc1. The van der Waals surface area contributed by atoms with Gasteiger partial charge in [-0.1, -0.05) is 106 Å². The quantitative estimate of drug-likeness (QED) is 0.0189. The Morgan fingerprint density at radius 2 is 0.699 bits per heavy atom. The van der Waals surface area contributed by atoms with E-state index in [1.54, 1.807) is 134 Å². The van der Waals surface area contributed by atoms with Crippen molar-refractivity contribution in [2.24, 2.45) is 0 Å². The van der Waals surface area contributed by atoms with Crippen LogP contribution in [0.25, 0.3) is 68.2 Å². The molecule has 4 aromatic carbocycles. The number of halogens is 8. The molecule has 0 aliphatic carbocycles. The van der Waals surface area contributed by atoms with Gasteiger partial charge in [0.1, 0.15) is 70.8 Å². The molecule has 10 aromatic heterocycles. The average Bonchev–Trinajstić information content (AvgIpc) is 0.817. The van der Waals surface area contributed by atoms with Crippen molar-refractivity contribution in [1.82, 2.24) is 75.1 Å². The summed E-state index contributed by atoms with van der Waals surface area (Å²) in [6.45, 7) is 12.5. The van der Waals surface area contributed by atoms with Crippen molar-refractivity contribution in [2.45, 2.75) is 33.7 Å². The normalized spacial score (nSPS) is 10.4. The Balaban J connectivity index is 0.000000160. The van der Waals surface area contributed by atoms with E-state index in [-0.39, 0.29) is 0 Å². The first-order valence-corrected chi connectivity index (χ1v) is 41.0. The second kappa shape index (κ2) is 46.5. The van der Waals surface area contributed by atoms with E-state index >= 15 is 0 Å². The van der Waals surface area contributed by atoms with Crippen LogP contribution in [0.1, 0.15) is 52.5 Å². The summed E-state index contributed by atoms with van der Waals surface area (Å²) in [6, 6.07) is 58.3. The molecule has 35 heteroatoms.